The van der Waals surface area contributed by atoms with Gasteiger partial charge in [-0.2, -0.15) is 5.26 Å². The fourth-order valence-electron chi connectivity index (χ4n) is 3.56. The molecule has 0 bridgehead atoms. The number of hydrogen-bond donors (Lipinski definition) is 0. The topological polar surface area (TPSA) is 89.5 Å². The molecule has 0 spiro atoms. The fraction of sp³-hybridized carbons (Fsp3) is 0.0741. The maximum Gasteiger partial charge on any atom is 0.181 e. The van der Waals surface area contributed by atoms with Crippen molar-refractivity contribution in [3.05, 3.63) is 109 Å². The van der Waals surface area contributed by atoms with E-state index >= 15 is 0 Å². The zero-order valence-electron chi connectivity index (χ0n) is 18.2. The first-order valence-corrected chi connectivity index (χ1v) is 10.7. The van der Waals surface area contributed by atoms with Gasteiger partial charge in [0.05, 0.1) is 12.3 Å². The maximum atomic E-state index is 9.28. The van der Waals surface area contributed by atoms with Gasteiger partial charge >= 0.3 is 0 Å². The minimum atomic E-state index is 0.206. The highest BCUT2D eigenvalue weighted by atomic mass is 16.5. The molecule has 7 heteroatoms. The number of hydrogen-bond acceptors (Lipinski definition) is 6. The summed E-state index contributed by atoms with van der Waals surface area (Å²) in [7, 11) is 0. The molecule has 0 atom stereocenters. The lowest BCUT2D eigenvalue weighted by molar-refractivity contribution is 0.0572. The van der Waals surface area contributed by atoms with E-state index in [1.807, 2.05) is 78.9 Å². The lowest BCUT2D eigenvalue weighted by Gasteiger charge is -2.07. The van der Waals surface area contributed by atoms with Crippen LogP contribution in [0.25, 0.3) is 34.0 Å². The molecule has 0 saturated heterocycles. The van der Waals surface area contributed by atoms with Crippen molar-refractivity contribution >= 4 is 0 Å². The lowest BCUT2D eigenvalue weighted by Crippen LogP contribution is -2.07. The second kappa shape index (κ2) is 9.86. The lowest BCUT2D eigenvalue weighted by atomic mass is 10.1. The molecule has 0 amide bonds. The van der Waals surface area contributed by atoms with Crippen LogP contribution in [0.4, 0.5) is 0 Å². The summed E-state index contributed by atoms with van der Waals surface area (Å²) in [6, 6.07) is 29.4. The van der Waals surface area contributed by atoms with Crippen LogP contribution < -0.4 is 0 Å². The Morgan fingerprint density at radius 1 is 0.794 bits per heavy atom. The van der Waals surface area contributed by atoms with Gasteiger partial charge in [0, 0.05) is 29.1 Å². The molecular weight excluding hydrogens is 424 g/mol. The first-order valence-electron chi connectivity index (χ1n) is 10.7. The molecule has 5 aromatic rings. The number of nitrogens with zero attached hydrogens (tertiary/aromatic N) is 6. The molecule has 3 aromatic heterocycles. The summed E-state index contributed by atoms with van der Waals surface area (Å²) in [4.78, 5) is 13.4. The zero-order valence-corrected chi connectivity index (χ0v) is 18.2. The zero-order chi connectivity index (χ0) is 23.2. The molecule has 3 heterocycles. The van der Waals surface area contributed by atoms with E-state index < -0.39 is 0 Å². The van der Waals surface area contributed by atoms with E-state index in [1.54, 1.807) is 23.1 Å². The predicted molar refractivity (Wildman–Crippen MR) is 128 cm³/mol. The SMILES string of the molecule is N#Cc1cc(-c2nc(-c3ccnc(-c4ccccc4)c3)nn2COCc2ccccc2)ccn1. The van der Waals surface area contributed by atoms with E-state index in [2.05, 4.69) is 16.0 Å². The Hall–Kier alpha value is -4.67. The minimum Gasteiger partial charge on any atom is -0.354 e. The molecule has 0 aliphatic heterocycles. The number of ether oxygens (including phenoxy) is 1. The molecule has 0 aliphatic rings. The van der Waals surface area contributed by atoms with Crippen LogP contribution in [-0.4, -0.2) is 24.7 Å². The van der Waals surface area contributed by atoms with Crippen LogP contribution in [0.1, 0.15) is 11.3 Å². The molecule has 5 rings (SSSR count). The number of nitriles is 1. The average Bonchev–Trinajstić information content (AvgIpc) is 3.34. The van der Waals surface area contributed by atoms with Crippen molar-refractivity contribution in [2.75, 3.05) is 0 Å². The van der Waals surface area contributed by atoms with Crippen LogP contribution in [0.15, 0.2) is 97.3 Å². The quantitative estimate of drug-likeness (QED) is 0.346. The van der Waals surface area contributed by atoms with Gasteiger partial charge in [-0.3, -0.25) is 4.98 Å². The summed E-state index contributed by atoms with van der Waals surface area (Å²) < 4.78 is 7.64. The molecule has 0 N–H and O–H groups in total. The van der Waals surface area contributed by atoms with Crippen molar-refractivity contribution in [1.29, 1.82) is 5.26 Å². The molecule has 0 aliphatic carbocycles. The van der Waals surface area contributed by atoms with Gasteiger partial charge in [-0.05, 0) is 29.8 Å². The van der Waals surface area contributed by atoms with Crippen molar-refractivity contribution < 1.29 is 4.74 Å². The summed E-state index contributed by atoms with van der Waals surface area (Å²) in [5.41, 5.74) is 4.82. The third-order valence-electron chi connectivity index (χ3n) is 5.22. The van der Waals surface area contributed by atoms with Crippen LogP contribution >= 0.6 is 0 Å². The van der Waals surface area contributed by atoms with Gasteiger partial charge in [0.2, 0.25) is 0 Å². The van der Waals surface area contributed by atoms with E-state index in [0.717, 1.165) is 27.9 Å². The molecule has 0 saturated carbocycles. The van der Waals surface area contributed by atoms with E-state index in [0.29, 0.717) is 23.9 Å². The number of pyridine rings is 2. The van der Waals surface area contributed by atoms with Crippen LogP contribution in [0, 0.1) is 11.3 Å². The number of benzene rings is 2. The fourth-order valence-corrected chi connectivity index (χ4v) is 3.56. The van der Waals surface area contributed by atoms with Crippen molar-refractivity contribution in [2.45, 2.75) is 13.3 Å². The Morgan fingerprint density at radius 3 is 2.32 bits per heavy atom. The first kappa shape index (κ1) is 21.2. The van der Waals surface area contributed by atoms with Gasteiger partial charge in [0.15, 0.2) is 11.6 Å². The Kier molecular flexibility index (Phi) is 6.14. The van der Waals surface area contributed by atoms with Crippen LogP contribution in [0.3, 0.4) is 0 Å². The van der Waals surface area contributed by atoms with Crippen LogP contribution in [0.5, 0.6) is 0 Å². The Morgan fingerprint density at radius 2 is 1.53 bits per heavy atom. The molecular formula is C27H20N6O. The van der Waals surface area contributed by atoms with Crippen molar-refractivity contribution in [3.8, 4) is 40.1 Å². The average molecular weight is 444 g/mol. The smallest absolute Gasteiger partial charge is 0.181 e. The van der Waals surface area contributed by atoms with Crippen molar-refractivity contribution in [1.82, 2.24) is 24.7 Å². The van der Waals surface area contributed by atoms with Gasteiger partial charge in [0.1, 0.15) is 18.5 Å². The van der Waals surface area contributed by atoms with Gasteiger partial charge < -0.3 is 4.74 Å². The Balaban J connectivity index is 1.49. The van der Waals surface area contributed by atoms with Crippen molar-refractivity contribution in [2.24, 2.45) is 0 Å². The molecule has 164 valence electrons. The summed E-state index contributed by atoms with van der Waals surface area (Å²) >= 11 is 0. The monoisotopic (exact) mass is 444 g/mol. The molecule has 7 nitrogen and oxygen atoms in total. The summed E-state index contributed by atoms with van der Waals surface area (Å²) in [5.74, 6) is 1.15. The highest BCUT2D eigenvalue weighted by Crippen LogP contribution is 2.26. The third kappa shape index (κ3) is 4.72. The Labute approximate surface area is 197 Å². The molecule has 2 aromatic carbocycles. The molecule has 34 heavy (non-hydrogen) atoms. The van der Waals surface area contributed by atoms with Crippen LogP contribution in [0.2, 0.25) is 0 Å². The maximum absolute atomic E-state index is 9.28. The summed E-state index contributed by atoms with van der Waals surface area (Å²) in [6.45, 7) is 0.654. The first-order chi connectivity index (χ1) is 16.8. The second-order valence-electron chi connectivity index (χ2n) is 7.56. The van der Waals surface area contributed by atoms with E-state index in [-0.39, 0.29) is 6.73 Å². The van der Waals surface area contributed by atoms with E-state index in [4.69, 9.17) is 14.8 Å². The van der Waals surface area contributed by atoms with E-state index in [1.165, 1.54) is 0 Å². The predicted octanol–water partition coefficient (Wildman–Crippen LogP) is 5.12. The van der Waals surface area contributed by atoms with Gasteiger partial charge in [-0.15, -0.1) is 5.10 Å². The highest BCUT2D eigenvalue weighted by Gasteiger charge is 2.15. The van der Waals surface area contributed by atoms with Gasteiger partial charge in [-0.1, -0.05) is 60.7 Å². The highest BCUT2D eigenvalue weighted by molar-refractivity contribution is 5.68. The Bertz CT molecular complexity index is 1440. The third-order valence-corrected chi connectivity index (χ3v) is 5.22. The molecule has 0 radical (unpaired) electrons. The second-order valence-corrected chi connectivity index (χ2v) is 7.56. The normalized spacial score (nSPS) is 10.7. The molecule has 0 unspecified atom stereocenters. The van der Waals surface area contributed by atoms with Crippen LogP contribution in [-0.2, 0) is 18.1 Å². The van der Waals surface area contributed by atoms with E-state index in [9.17, 15) is 5.26 Å². The minimum absolute atomic E-state index is 0.206. The number of rotatable bonds is 7. The van der Waals surface area contributed by atoms with Crippen molar-refractivity contribution in [3.63, 3.8) is 0 Å². The standard InChI is InChI=1S/C27H20N6O/c28-17-24-15-23(12-13-29-24)27-31-26(32-33(27)19-34-18-20-7-3-1-4-8-20)22-11-14-30-25(16-22)21-9-5-2-6-10-21/h1-16H,18-19H2. The number of aromatic nitrogens is 5. The summed E-state index contributed by atoms with van der Waals surface area (Å²) in [5, 5.41) is 14.0. The molecule has 0 fully saturated rings. The largest absolute Gasteiger partial charge is 0.354 e. The van der Waals surface area contributed by atoms with Gasteiger partial charge in [-0.25, -0.2) is 14.6 Å². The van der Waals surface area contributed by atoms with Gasteiger partial charge in [0.25, 0.3) is 0 Å². The summed E-state index contributed by atoms with van der Waals surface area (Å²) in [6.07, 6.45) is 3.35.